The van der Waals surface area contributed by atoms with Gasteiger partial charge >= 0.3 is 0 Å². The molecule has 0 atom stereocenters. The standard InChI is InChI=1S/C11H14FN3O3/c1-11(2,13)6-14-10(16)8-4-3-7(15(17)18)5-9(8)12/h3-5H,6,13H2,1-2H3,(H,14,16). The molecule has 18 heavy (non-hydrogen) atoms. The molecule has 0 aromatic heterocycles. The number of hydrogen-bond acceptors (Lipinski definition) is 4. The lowest BCUT2D eigenvalue weighted by atomic mass is 10.1. The summed E-state index contributed by atoms with van der Waals surface area (Å²) in [7, 11) is 0. The fourth-order valence-electron chi connectivity index (χ4n) is 1.21. The number of hydrogen-bond donors (Lipinski definition) is 2. The Morgan fingerprint density at radius 3 is 2.61 bits per heavy atom. The van der Waals surface area contributed by atoms with Crippen molar-refractivity contribution in [3.8, 4) is 0 Å². The minimum atomic E-state index is -0.934. The van der Waals surface area contributed by atoms with E-state index in [4.69, 9.17) is 5.73 Å². The summed E-state index contributed by atoms with van der Waals surface area (Å²) >= 11 is 0. The lowest BCUT2D eigenvalue weighted by molar-refractivity contribution is -0.385. The predicted octanol–water partition coefficient (Wildman–Crippen LogP) is 1.20. The third kappa shape index (κ3) is 3.77. The maximum atomic E-state index is 13.5. The Morgan fingerprint density at radius 1 is 1.56 bits per heavy atom. The van der Waals surface area contributed by atoms with E-state index in [2.05, 4.69) is 5.32 Å². The van der Waals surface area contributed by atoms with Gasteiger partial charge in [-0.1, -0.05) is 0 Å². The van der Waals surface area contributed by atoms with E-state index in [1.54, 1.807) is 13.8 Å². The molecule has 1 aromatic rings. The number of halogens is 1. The summed E-state index contributed by atoms with van der Waals surface area (Å²) in [6, 6.07) is 2.86. The largest absolute Gasteiger partial charge is 0.350 e. The molecule has 0 spiro atoms. The monoisotopic (exact) mass is 255 g/mol. The van der Waals surface area contributed by atoms with Gasteiger partial charge in [-0.05, 0) is 19.9 Å². The van der Waals surface area contributed by atoms with Crippen LogP contribution in [-0.4, -0.2) is 22.9 Å². The Labute approximate surface area is 103 Å². The first-order valence-corrected chi connectivity index (χ1v) is 5.22. The molecule has 0 aliphatic carbocycles. The van der Waals surface area contributed by atoms with E-state index >= 15 is 0 Å². The minimum Gasteiger partial charge on any atom is -0.350 e. The Kier molecular flexibility index (Phi) is 3.97. The van der Waals surface area contributed by atoms with Gasteiger partial charge in [0.2, 0.25) is 0 Å². The van der Waals surface area contributed by atoms with E-state index in [1.807, 2.05) is 0 Å². The summed E-state index contributed by atoms with van der Waals surface area (Å²) in [6.45, 7) is 3.58. The van der Waals surface area contributed by atoms with Crippen LogP contribution in [0.4, 0.5) is 10.1 Å². The van der Waals surface area contributed by atoms with Gasteiger partial charge in [0.1, 0.15) is 5.82 Å². The van der Waals surface area contributed by atoms with Crippen LogP contribution in [0.1, 0.15) is 24.2 Å². The smallest absolute Gasteiger partial charge is 0.272 e. The van der Waals surface area contributed by atoms with Crippen molar-refractivity contribution in [1.29, 1.82) is 0 Å². The van der Waals surface area contributed by atoms with Crippen molar-refractivity contribution in [2.24, 2.45) is 5.73 Å². The van der Waals surface area contributed by atoms with Crippen LogP contribution >= 0.6 is 0 Å². The minimum absolute atomic E-state index is 0.169. The van der Waals surface area contributed by atoms with Gasteiger partial charge in [-0.25, -0.2) is 4.39 Å². The Bertz CT molecular complexity index is 483. The van der Waals surface area contributed by atoms with Crippen molar-refractivity contribution in [2.45, 2.75) is 19.4 Å². The number of non-ortho nitro benzene ring substituents is 1. The van der Waals surface area contributed by atoms with Crippen molar-refractivity contribution < 1.29 is 14.1 Å². The van der Waals surface area contributed by atoms with E-state index in [0.29, 0.717) is 6.07 Å². The topological polar surface area (TPSA) is 98.3 Å². The molecule has 98 valence electrons. The number of carbonyl (C=O) groups is 1. The Hall–Kier alpha value is -2.02. The fraction of sp³-hybridized carbons (Fsp3) is 0.364. The number of amides is 1. The number of nitrogens with two attached hydrogens (primary N) is 1. The van der Waals surface area contributed by atoms with Crippen molar-refractivity contribution in [2.75, 3.05) is 6.54 Å². The van der Waals surface area contributed by atoms with E-state index in [9.17, 15) is 19.3 Å². The highest BCUT2D eigenvalue weighted by Gasteiger charge is 2.18. The second-order valence-corrected chi connectivity index (χ2v) is 4.59. The zero-order valence-corrected chi connectivity index (χ0v) is 10.1. The van der Waals surface area contributed by atoms with Crippen molar-refractivity contribution in [3.05, 3.63) is 39.7 Å². The molecule has 0 bridgehead atoms. The lowest BCUT2D eigenvalue weighted by Gasteiger charge is -2.18. The molecule has 3 N–H and O–H groups in total. The number of rotatable bonds is 4. The molecule has 1 amide bonds. The third-order valence-corrected chi connectivity index (χ3v) is 2.11. The maximum absolute atomic E-state index is 13.5. The summed E-state index contributed by atoms with van der Waals surface area (Å²) in [5, 5.41) is 12.9. The van der Waals surface area contributed by atoms with Gasteiger partial charge in [-0.2, -0.15) is 0 Å². The van der Waals surface area contributed by atoms with Crippen molar-refractivity contribution >= 4 is 11.6 Å². The van der Waals surface area contributed by atoms with Crippen LogP contribution in [0.3, 0.4) is 0 Å². The fourth-order valence-corrected chi connectivity index (χ4v) is 1.21. The molecule has 0 aliphatic rings. The average molecular weight is 255 g/mol. The first-order chi connectivity index (χ1) is 8.20. The summed E-state index contributed by atoms with van der Waals surface area (Å²) < 4.78 is 13.5. The van der Waals surface area contributed by atoms with Crippen LogP contribution < -0.4 is 11.1 Å². The number of benzene rings is 1. The number of nitro groups is 1. The first kappa shape index (κ1) is 14.0. The maximum Gasteiger partial charge on any atom is 0.272 e. The lowest BCUT2D eigenvalue weighted by Crippen LogP contribution is -2.45. The van der Waals surface area contributed by atoms with Crippen LogP contribution in [0.2, 0.25) is 0 Å². The number of nitro benzene ring substituents is 1. The van der Waals surface area contributed by atoms with Crippen LogP contribution in [0.5, 0.6) is 0 Å². The second kappa shape index (κ2) is 5.09. The molecule has 6 nitrogen and oxygen atoms in total. The molecule has 0 fully saturated rings. The van der Waals surface area contributed by atoms with Crippen LogP contribution in [0.25, 0.3) is 0 Å². The molecular weight excluding hydrogens is 241 g/mol. The SMILES string of the molecule is CC(C)(N)CNC(=O)c1ccc([N+](=O)[O-])cc1F. The van der Waals surface area contributed by atoms with Crippen LogP contribution in [0, 0.1) is 15.9 Å². The quantitative estimate of drug-likeness (QED) is 0.623. The molecule has 0 saturated heterocycles. The molecular formula is C11H14FN3O3. The number of nitrogens with zero attached hydrogens (tertiary/aromatic N) is 1. The van der Waals surface area contributed by atoms with E-state index < -0.39 is 27.9 Å². The van der Waals surface area contributed by atoms with E-state index in [1.165, 1.54) is 0 Å². The van der Waals surface area contributed by atoms with Gasteiger partial charge in [0.15, 0.2) is 0 Å². The summed E-state index contributed by atoms with van der Waals surface area (Å²) in [6.07, 6.45) is 0. The normalized spacial score (nSPS) is 11.1. The zero-order chi connectivity index (χ0) is 13.9. The van der Waals surface area contributed by atoms with Crippen LogP contribution in [0.15, 0.2) is 18.2 Å². The van der Waals surface area contributed by atoms with Gasteiger partial charge in [0.25, 0.3) is 11.6 Å². The van der Waals surface area contributed by atoms with Gasteiger partial charge in [0.05, 0.1) is 16.6 Å². The molecule has 0 saturated carbocycles. The summed E-state index contributed by atoms with van der Waals surface area (Å²) in [4.78, 5) is 21.3. The number of carbonyl (C=O) groups excluding carboxylic acids is 1. The Balaban J connectivity index is 2.84. The molecule has 0 aliphatic heterocycles. The first-order valence-electron chi connectivity index (χ1n) is 5.22. The van der Waals surface area contributed by atoms with Crippen molar-refractivity contribution in [3.63, 3.8) is 0 Å². The van der Waals surface area contributed by atoms with Gasteiger partial charge in [0, 0.05) is 18.2 Å². The molecule has 0 heterocycles. The summed E-state index contributed by atoms with van der Waals surface area (Å²) in [5.41, 5.74) is 4.40. The zero-order valence-electron chi connectivity index (χ0n) is 10.1. The highest BCUT2D eigenvalue weighted by Crippen LogP contribution is 2.16. The molecule has 1 rings (SSSR count). The third-order valence-electron chi connectivity index (χ3n) is 2.11. The highest BCUT2D eigenvalue weighted by atomic mass is 19.1. The summed E-state index contributed by atoms with van der Waals surface area (Å²) in [5.74, 6) is -1.59. The van der Waals surface area contributed by atoms with Gasteiger partial charge in [-0.3, -0.25) is 14.9 Å². The average Bonchev–Trinajstić information content (AvgIpc) is 2.24. The molecule has 0 radical (unpaired) electrons. The Morgan fingerprint density at radius 2 is 2.17 bits per heavy atom. The molecule has 7 heteroatoms. The molecule has 0 unspecified atom stereocenters. The highest BCUT2D eigenvalue weighted by molar-refractivity contribution is 5.94. The molecule has 1 aromatic carbocycles. The predicted molar refractivity (Wildman–Crippen MR) is 63.7 cm³/mol. The van der Waals surface area contributed by atoms with E-state index in [-0.39, 0.29) is 12.1 Å². The second-order valence-electron chi connectivity index (χ2n) is 4.59. The van der Waals surface area contributed by atoms with Gasteiger partial charge < -0.3 is 11.1 Å². The number of nitrogens with one attached hydrogen (secondary N) is 1. The van der Waals surface area contributed by atoms with Crippen molar-refractivity contribution in [1.82, 2.24) is 5.32 Å². The van der Waals surface area contributed by atoms with Crippen LogP contribution in [-0.2, 0) is 0 Å². The van der Waals surface area contributed by atoms with Gasteiger partial charge in [-0.15, -0.1) is 0 Å². The van der Waals surface area contributed by atoms with E-state index in [0.717, 1.165) is 12.1 Å².